The minimum atomic E-state index is -0.436. The number of ether oxygens (including phenoxy) is 2. The van der Waals surface area contributed by atoms with Gasteiger partial charge in [-0.2, -0.15) is 5.26 Å². The van der Waals surface area contributed by atoms with Gasteiger partial charge in [-0.1, -0.05) is 0 Å². The normalized spacial score (nSPS) is 9.65. The molecule has 1 aromatic carbocycles. The third-order valence-electron chi connectivity index (χ3n) is 2.64. The maximum atomic E-state index is 11.6. The quantitative estimate of drug-likeness (QED) is 0.744. The molecule has 20 heavy (non-hydrogen) atoms. The molecule has 0 aliphatic heterocycles. The molecule has 1 rings (SSSR count). The predicted octanol–water partition coefficient (Wildman–Crippen LogP) is 2.23. The van der Waals surface area contributed by atoms with Crippen LogP contribution in [0.4, 0.5) is 0 Å². The minimum Gasteiger partial charge on any atom is -0.466 e. The van der Waals surface area contributed by atoms with Gasteiger partial charge in [0.25, 0.3) is 0 Å². The largest absolute Gasteiger partial charge is 0.466 e. The third-order valence-corrected chi connectivity index (χ3v) is 2.64. The first-order chi connectivity index (χ1) is 9.62. The summed E-state index contributed by atoms with van der Waals surface area (Å²) >= 11 is 0. The van der Waals surface area contributed by atoms with Crippen molar-refractivity contribution < 1.29 is 19.1 Å². The fraction of sp³-hybridized carbons (Fsp3) is 0.400. The summed E-state index contributed by atoms with van der Waals surface area (Å²) in [6.45, 7) is 4.08. The first kappa shape index (κ1) is 15.7. The van der Waals surface area contributed by atoms with Gasteiger partial charge in [-0.3, -0.25) is 4.79 Å². The fourth-order valence-electron chi connectivity index (χ4n) is 1.72. The lowest BCUT2D eigenvalue weighted by Crippen LogP contribution is -2.08. The Hall–Kier alpha value is -2.35. The Kier molecular flexibility index (Phi) is 6.24. The molecule has 5 heteroatoms. The van der Waals surface area contributed by atoms with Crippen molar-refractivity contribution in [2.24, 2.45) is 0 Å². The topological polar surface area (TPSA) is 76.4 Å². The lowest BCUT2D eigenvalue weighted by molar-refractivity contribution is -0.143. The van der Waals surface area contributed by atoms with Crippen LogP contribution in [0.1, 0.15) is 41.8 Å². The van der Waals surface area contributed by atoms with E-state index >= 15 is 0 Å². The highest BCUT2D eigenvalue weighted by Crippen LogP contribution is 2.15. The maximum Gasteiger partial charge on any atom is 0.338 e. The summed E-state index contributed by atoms with van der Waals surface area (Å²) in [5.41, 5.74) is 1.47. The second-order valence-electron chi connectivity index (χ2n) is 4.01. The number of nitrogens with zero attached hydrogens (tertiary/aromatic N) is 1. The molecule has 0 fully saturated rings. The molecule has 1 aromatic rings. The zero-order valence-corrected chi connectivity index (χ0v) is 11.6. The summed E-state index contributed by atoms with van der Waals surface area (Å²) in [5.74, 6) is -0.757. The van der Waals surface area contributed by atoms with Crippen molar-refractivity contribution in [3.05, 3.63) is 34.9 Å². The van der Waals surface area contributed by atoms with Crippen LogP contribution >= 0.6 is 0 Å². The Morgan fingerprint density at radius 1 is 1.20 bits per heavy atom. The molecule has 0 N–H and O–H groups in total. The van der Waals surface area contributed by atoms with Gasteiger partial charge in [0.1, 0.15) is 0 Å². The zero-order chi connectivity index (χ0) is 15.0. The van der Waals surface area contributed by atoms with E-state index in [1.807, 2.05) is 6.07 Å². The van der Waals surface area contributed by atoms with E-state index in [1.165, 1.54) is 0 Å². The Morgan fingerprint density at radius 3 is 2.50 bits per heavy atom. The number of hydrogen-bond acceptors (Lipinski definition) is 5. The van der Waals surface area contributed by atoms with Gasteiger partial charge in [-0.15, -0.1) is 0 Å². The second kappa shape index (κ2) is 7.95. The van der Waals surface area contributed by atoms with E-state index in [0.29, 0.717) is 29.7 Å². The van der Waals surface area contributed by atoms with Crippen molar-refractivity contribution in [3.8, 4) is 6.07 Å². The van der Waals surface area contributed by atoms with E-state index in [4.69, 9.17) is 14.7 Å². The molecule has 0 spiro atoms. The van der Waals surface area contributed by atoms with E-state index in [0.717, 1.165) is 0 Å². The fourth-order valence-corrected chi connectivity index (χ4v) is 1.72. The lowest BCUT2D eigenvalue weighted by atomic mass is 10.0. The van der Waals surface area contributed by atoms with Crippen LogP contribution in [0, 0.1) is 11.3 Å². The molecule has 0 bridgehead atoms. The van der Waals surface area contributed by atoms with Crippen LogP contribution in [-0.2, 0) is 20.7 Å². The highest BCUT2D eigenvalue weighted by Gasteiger charge is 2.12. The molecule has 0 unspecified atom stereocenters. The summed E-state index contributed by atoms with van der Waals surface area (Å²) in [4.78, 5) is 23.0. The molecule has 0 amide bonds. The number of rotatable bonds is 6. The minimum absolute atomic E-state index is 0.175. The molecule has 0 radical (unpaired) electrons. The van der Waals surface area contributed by atoms with Crippen LogP contribution in [-0.4, -0.2) is 25.2 Å². The number of carbonyl (C=O) groups excluding carboxylic acids is 2. The molecule has 5 nitrogen and oxygen atoms in total. The number of nitriles is 1. The van der Waals surface area contributed by atoms with Crippen LogP contribution in [0.3, 0.4) is 0 Å². The highest BCUT2D eigenvalue weighted by molar-refractivity contribution is 5.89. The van der Waals surface area contributed by atoms with Crippen LogP contribution in [0.25, 0.3) is 0 Å². The summed E-state index contributed by atoms with van der Waals surface area (Å²) in [6.07, 6.45) is 0.532. The number of esters is 2. The zero-order valence-electron chi connectivity index (χ0n) is 11.6. The molecule has 0 aliphatic rings. The van der Waals surface area contributed by atoms with Gasteiger partial charge < -0.3 is 9.47 Å². The van der Waals surface area contributed by atoms with E-state index in [-0.39, 0.29) is 19.0 Å². The Balaban J connectivity index is 2.87. The van der Waals surface area contributed by atoms with E-state index in [1.54, 1.807) is 32.0 Å². The summed E-state index contributed by atoms with van der Waals surface area (Å²) < 4.78 is 9.75. The van der Waals surface area contributed by atoms with Gasteiger partial charge in [0.2, 0.25) is 0 Å². The molecule has 0 saturated carbocycles. The van der Waals surface area contributed by atoms with Gasteiger partial charge in [0.05, 0.1) is 30.4 Å². The van der Waals surface area contributed by atoms with Crippen molar-refractivity contribution in [2.75, 3.05) is 13.2 Å². The van der Waals surface area contributed by atoms with Gasteiger partial charge >= 0.3 is 11.9 Å². The Bertz CT molecular complexity index is 531. The summed E-state index contributed by atoms with van der Waals surface area (Å²) in [5, 5.41) is 9.04. The maximum absolute atomic E-state index is 11.6. The van der Waals surface area contributed by atoms with Gasteiger partial charge in [-0.05, 0) is 44.0 Å². The average molecular weight is 275 g/mol. The van der Waals surface area contributed by atoms with E-state index < -0.39 is 5.97 Å². The molecule has 0 saturated heterocycles. The molecular formula is C15H17NO4. The Labute approximate surface area is 118 Å². The first-order valence-corrected chi connectivity index (χ1v) is 6.48. The van der Waals surface area contributed by atoms with Crippen molar-refractivity contribution in [3.63, 3.8) is 0 Å². The van der Waals surface area contributed by atoms with Crippen molar-refractivity contribution in [1.82, 2.24) is 0 Å². The van der Waals surface area contributed by atoms with Crippen LogP contribution in [0.2, 0.25) is 0 Å². The lowest BCUT2D eigenvalue weighted by Gasteiger charge is -2.07. The molecule has 0 aliphatic carbocycles. The number of carbonyl (C=O) groups is 2. The van der Waals surface area contributed by atoms with E-state index in [2.05, 4.69) is 0 Å². The van der Waals surface area contributed by atoms with Crippen molar-refractivity contribution in [1.29, 1.82) is 5.26 Å². The molecule has 106 valence electrons. The SMILES string of the molecule is CCOC(=O)CCc1cc(C(=O)OCC)ccc1C#N. The third kappa shape index (κ3) is 4.39. The van der Waals surface area contributed by atoms with Gasteiger partial charge in [0.15, 0.2) is 0 Å². The van der Waals surface area contributed by atoms with Gasteiger partial charge in [0, 0.05) is 6.42 Å². The van der Waals surface area contributed by atoms with Gasteiger partial charge in [-0.25, -0.2) is 4.79 Å². The van der Waals surface area contributed by atoms with Crippen LogP contribution in [0.5, 0.6) is 0 Å². The van der Waals surface area contributed by atoms with Crippen molar-refractivity contribution in [2.45, 2.75) is 26.7 Å². The Morgan fingerprint density at radius 2 is 1.90 bits per heavy atom. The molecule has 0 heterocycles. The number of aryl methyl sites for hydroxylation is 1. The first-order valence-electron chi connectivity index (χ1n) is 6.48. The molecular weight excluding hydrogens is 258 g/mol. The summed E-state index contributed by atoms with van der Waals surface area (Å²) in [6, 6.07) is 6.75. The highest BCUT2D eigenvalue weighted by atomic mass is 16.5. The average Bonchev–Trinajstić information content (AvgIpc) is 2.45. The number of benzene rings is 1. The summed E-state index contributed by atoms with van der Waals surface area (Å²) in [7, 11) is 0. The number of hydrogen-bond donors (Lipinski definition) is 0. The molecule has 0 aromatic heterocycles. The van der Waals surface area contributed by atoms with Crippen LogP contribution < -0.4 is 0 Å². The van der Waals surface area contributed by atoms with Crippen molar-refractivity contribution >= 4 is 11.9 Å². The molecule has 0 atom stereocenters. The predicted molar refractivity (Wildman–Crippen MR) is 72.1 cm³/mol. The smallest absolute Gasteiger partial charge is 0.338 e. The van der Waals surface area contributed by atoms with Crippen LogP contribution in [0.15, 0.2) is 18.2 Å². The standard InChI is InChI=1S/C15H17NO4/c1-3-19-14(17)8-7-11-9-12(15(18)20-4-2)5-6-13(11)10-16/h5-6,9H,3-4,7-8H2,1-2H3. The monoisotopic (exact) mass is 275 g/mol. The van der Waals surface area contributed by atoms with E-state index in [9.17, 15) is 9.59 Å². The second-order valence-corrected chi connectivity index (χ2v) is 4.01.